The molecule has 5 nitrogen and oxygen atoms in total. The SMILES string of the molecule is C1=CC2=C(NC1)C1(c3cc(C4=NC(c5ccccc5)N=C(c5ccccc5)N4)ccc32)c2ccccc2N(c2ccccc2)c2ccccc21. The second kappa shape index (κ2) is 11.3. The Morgan fingerprint density at radius 2 is 1.18 bits per heavy atom. The summed E-state index contributed by atoms with van der Waals surface area (Å²) in [4.78, 5) is 12.8. The van der Waals surface area contributed by atoms with Crippen LogP contribution in [0.4, 0.5) is 17.1 Å². The number of allylic oxidation sites excluding steroid dienone is 3. The lowest BCUT2D eigenvalue weighted by molar-refractivity contribution is 0.658. The zero-order valence-corrected chi connectivity index (χ0v) is 27.3. The van der Waals surface area contributed by atoms with Crippen molar-refractivity contribution in [3.8, 4) is 0 Å². The Bertz CT molecular complexity index is 2360. The molecule has 3 heterocycles. The number of amidine groups is 2. The van der Waals surface area contributed by atoms with E-state index in [1.165, 1.54) is 44.9 Å². The lowest BCUT2D eigenvalue weighted by Crippen LogP contribution is -2.42. The minimum Gasteiger partial charge on any atom is -0.383 e. The van der Waals surface area contributed by atoms with Gasteiger partial charge in [0.2, 0.25) is 0 Å². The summed E-state index contributed by atoms with van der Waals surface area (Å²) in [7, 11) is 0. The Hall–Kier alpha value is -6.46. The highest BCUT2D eigenvalue weighted by atomic mass is 15.2. The van der Waals surface area contributed by atoms with Crippen LogP contribution in [0.25, 0.3) is 5.57 Å². The van der Waals surface area contributed by atoms with Crippen LogP contribution in [0.15, 0.2) is 186 Å². The van der Waals surface area contributed by atoms with E-state index >= 15 is 0 Å². The molecule has 0 amide bonds. The van der Waals surface area contributed by atoms with Crippen LogP contribution in [-0.2, 0) is 5.41 Å². The average molecular weight is 644 g/mol. The third kappa shape index (κ3) is 4.20. The number of nitrogens with zero attached hydrogens (tertiary/aromatic N) is 3. The second-order valence-corrected chi connectivity index (χ2v) is 13.0. The fourth-order valence-electron chi connectivity index (χ4n) is 8.22. The van der Waals surface area contributed by atoms with E-state index in [9.17, 15) is 0 Å². The highest BCUT2D eigenvalue weighted by Gasteiger charge is 2.53. The summed E-state index contributed by atoms with van der Waals surface area (Å²) in [6, 6.07) is 56.1. The molecule has 2 N–H and O–H groups in total. The van der Waals surface area contributed by atoms with Crippen LogP contribution in [0.1, 0.15) is 45.1 Å². The van der Waals surface area contributed by atoms with Crippen LogP contribution < -0.4 is 15.5 Å². The molecule has 10 rings (SSSR count). The van der Waals surface area contributed by atoms with E-state index in [0.29, 0.717) is 0 Å². The fraction of sp³-hybridized carbons (Fsp3) is 0.0667. The van der Waals surface area contributed by atoms with E-state index in [-0.39, 0.29) is 6.17 Å². The number of anilines is 3. The first-order valence-electron chi connectivity index (χ1n) is 17.2. The molecule has 50 heavy (non-hydrogen) atoms. The van der Waals surface area contributed by atoms with Gasteiger partial charge in [-0.15, -0.1) is 0 Å². The molecule has 238 valence electrons. The van der Waals surface area contributed by atoms with Crippen molar-refractivity contribution >= 4 is 34.3 Å². The van der Waals surface area contributed by atoms with Gasteiger partial charge in [0.25, 0.3) is 0 Å². The van der Waals surface area contributed by atoms with Crippen molar-refractivity contribution in [1.29, 1.82) is 0 Å². The molecule has 1 spiro atoms. The quantitative estimate of drug-likeness (QED) is 0.201. The molecule has 0 aromatic heterocycles. The molecular weight excluding hydrogens is 611 g/mol. The lowest BCUT2D eigenvalue weighted by Gasteiger charge is -2.46. The summed E-state index contributed by atoms with van der Waals surface area (Å²) >= 11 is 0. The highest BCUT2D eigenvalue weighted by molar-refractivity contribution is 6.16. The van der Waals surface area contributed by atoms with Crippen LogP contribution >= 0.6 is 0 Å². The number of aliphatic imine (C=N–C) groups is 2. The molecule has 0 saturated heterocycles. The average Bonchev–Trinajstić information content (AvgIpc) is 3.49. The standard InChI is InChI=1S/C45H33N5/c1-4-15-30(16-5-1)42-47-43(31-17-6-2-7-18-31)49-44(48-42)32-26-27-34-35-21-14-28-46-41(35)45(38(34)29-32)36-22-10-12-24-39(36)50(33-19-8-3-9-20-33)40-25-13-11-23-37(40)45/h1-27,29,42,46H,28H2,(H,47,48,49). The predicted molar refractivity (Wildman–Crippen MR) is 203 cm³/mol. The molecule has 4 aliphatic rings. The summed E-state index contributed by atoms with van der Waals surface area (Å²) in [5.41, 5.74) is 13.5. The molecule has 0 fully saturated rings. The Morgan fingerprint density at radius 3 is 1.88 bits per heavy atom. The highest BCUT2D eigenvalue weighted by Crippen LogP contribution is 2.62. The van der Waals surface area contributed by atoms with Crippen molar-refractivity contribution in [1.82, 2.24) is 10.6 Å². The molecule has 0 saturated carbocycles. The molecule has 3 aliphatic heterocycles. The van der Waals surface area contributed by atoms with Crippen LogP contribution in [0, 0.1) is 0 Å². The third-order valence-corrected chi connectivity index (χ3v) is 10.3. The molecule has 0 radical (unpaired) electrons. The van der Waals surface area contributed by atoms with Crippen molar-refractivity contribution in [2.75, 3.05) is 11.4 Å². The number of hydrogen-bond acceptors (Lipinski definition) is 5. The predicted octanol–water partition coefficient (Wildman–Crippen LogP) is 9.18. The van der Waals surface area contributed by atoms with Crippen molar-refractivity contribution in [2.45, 2.75) is 11.6 Å². The maximum Gasteiger partial charge on any atom is 0.169 e. The van der Waals surface area contributed by atoms with E-state index in [4.69, 9.17) is 9.98 Å². The zero-order chi connectivity index (χ0) is 33.1. The van der Waals surface area contributed by atoms with E-state index in [1.54, 1.807) is 0 Å². The summed E-state index contributed by atoms with van der Waals surface area (Å²) in [6.45, 7) is 0.776. The van der Waals surface area contributed by atoms with Crippen molar-refractivity contribution in [2.24, 2.45) is 9.98 Å². The summed E-state index contributed by atoms with van der Waals surface area (Å²) < 4.78 is 0. The largest absolute Gasteiger partial charge is 0.383 e. The number of nitrogens with one attached hydrogen (secondary N) is 2. The van der Waals surface area contributed by atoms with E-state index in [0.717, 1.165) is 40.6 Å². The molecule has 5 heteroatoms. The molecule has 6 aromatic rings. The monoisotopic (exact) mass is 643 g/mol. The van der Waals surface area contributed by atoms with Crippen LogP contribution in [0.5, 0.6) is 0 Å². The Morgan fingerprint density at radius 1 is 0.580 bits per heavy atom. The fourth-order valence-corrected chi connectivity index (χ4v) is 8.22. The van der Waals surface area contributed by atoms with Crippen molar-refractivity contribution < 1.29 is 0 Å². The van der Waals surface area contributed by atoms with E-state index in [2.05, 4.69) is 173 Å². The van der Waals surface area contributed by atoms with Gasteiger partial charge < -0.3 is 15.5 Å². The van der Waals surface area contributed by atoms with Gasteiger partial charge in [-0.05, 0) is 58.1 Å². The van der Waals surface area contributed by atoms with Crippen LogP contribution in [-0.4, -0.2) is 18.2 Å². The molecule has 1 aliphatic carbocycles. The Labute approximate surface area is 291 Å². The van der Waals surface area contributed by atoms with Gasteiger partial charge in [-0.3, -0.25) is 0 Å². The minimum atomic E-state index is -0.561. The molecule has 0 bridgehead atoms. The van der Waals surface area contributed by atoms with Gasteiger partial charge in [0.05, 0.1) is 16.8 Å². The van der Waals surface area contributed by atoms with Gasteiger partial charge in [0.15, 0.2) is 6.17 Å². The lowest BCUT2D eigenvalue weighted by atomic mass is 9.65. The van der Waals surface area contributed by atoms with Crippen LogP contribution in [0.2, 0.25) is 0 Å². The zero-order valence-electron chi connectivity index (χ0n) is 27.3. The normalized spacial score (nSPS) is 17.8. The topological polar surface area (TPSA) is 52.0 Å². The van der Waals surface area contributed by atoms with Gasteiger partial charge in [0.1, 0.15) is 11.7 Å². The Kier molecular flexibility index (Phi) is 6.46. The summed E-state index contributed by atoms with van der Waals surface area (Å²) in [5.74, 6) is 1.62. The maximum atomic E-state index is 5.25. The minimum absolute atomic E-state index is 0.364. The molecule has 6 aromatic carbocycles. The van der Waals surface area contributed by atoms with Crippen molar-refractivity contribution in [3.63, 3.8) is 0 Å². The van der Waals surface area contributed by atoms with E-state index < -0.39 is 5.41 Å². The van der Waals surface area contributed by atoms with Crippen molar-refractivity contribution in [3.05, 3.63) is 215 Å². The first-order valence-corrected chi connectivity index (χ1v) is 17.2. The molecule has 1 unspecified atom stereocenters. The van der Waals surface area contributed by atoms with Gasteiger partial charge in [-0.25, -0.2) is 9.98 Å². The first kappa shape index (κ1) is 28.5. The number of fused-ring (bicyclic) bond motifs is 8. The third-order valence-electron chi connectivity index (χ3n) is 10.3. The Balaban J connectivity index is 1.21. The summed E-state index contributed by atoms with van der Waals surface area (Å²) in [6.07, 6.45) is 4.17. The smallest absolute Gasteiger partial charge is 0.169 e. The number of hydrogen-bond donors (Lipinski definition) is 2. The second-order valence-electron chi connectivity index (χ2n) is 13.0. The van der Waals surface area contributed by atoms with Gasteiger partial charge >= 0.3 is 0 Å². The summed E-state index contributed by atoms with van der Waals surface area (Å²) in [5, 5.41) is 7.54. The van der Waals surface area contributed by atoms with Crippen LogP contribution in [0.3, 0.4) is 0 Å². The number of rotatable bonds is 4. The molecular formula is C45H33N5. The number of benzene rings is 6. The van der Waals surface area contributed by atoms with Gasteiger partial charge in [0, 0.05) is 34.6 Å². The molecule has 1 atom stereocenters. The van der Waals surface area contributed by atoms with Gasteiger partial charge in [-0.2, -0.15) is 0 Å². The first-order chi connectivity index (χ1) is 24.8. The number of para-hydroxylation sites is 3. The van der Waals surface area contributed by atoms with Gasteiger partial charge in [-0.1, -0.05) is 140 Å². The van der Waals surface area contributed by atoms with E-state index in [1.807, 2.05) is 12.1 Å². The number of dihydropyridines is 1. The maximum absolute atomic E-state index is 5.25.